The van der Waals surface area contributed by atoms with E-state index < -0.39 is 18.3 Å². The zero-order valence-corrected chi connectivity index (χ0v) is 20.8. The van der Waals surface area contributed by atoms with Crippen molar-refractivity contribution in [3.05, 3.63) is 59.2 Å². The second kappa shape index (κ2) is 12.3. The van der Waals surface area contributed by atoms with Crippen molar-refractivity contribution in [3.63, 3.8) is 0 Å². The summed E-state index contributed by atoms with van der Waals surface area (Å²) in [5.41, 5.74) is 2.25. The van der Waals surface area contributed by atoms with Crippen molar-refractivity contribution < 1.29 is 37.0 Å². The van der Waals surface area contributed by atoms with Gasteiger partial charge in [-0.2, -0.15) is 0 Å². The van der Waals surface area contributed by atoms with Gasteiger partial charge >= 0.3 is 6.36 Å². The van der Waals surface area contributed by atoms with Crippen LogP contribution in [0.5, 0.6) is 11.5 Å². The quantitative estimate of drug-likeness (QED) is 0.315. The topological polar surface area (TPSA) is 97.0 Å². The van der Waals surface area contributed by atoms with Gasteiger partial charge in [-0.05, 0) is 67.3 Å². The fraction of sp³-hybridized carbons (Fsp3) is 0.444. The Labute approximate surface area is 218 Å². The summed E-state index contributed by atoms with van der Waals surface area (Å²) in [5, 5.41) is 5.58. The maximum Gasteiger partial charge on any atom is 0.573 e. The van der Waals surface area contributed by atoms with Gasteiger partial charge in [-0.3, -0.25) is 19.7 Å². The maximum absolute atomic E-state index is 12.8. The van der Waals surface area contributed by atoms with E-state index in [0.717, 1.165) is 43.4 Å². The van der Waals surface area contributed by atoms with E-state index in [0.29, 0.717) is 37.4 Å². The minimum Gasteiger partial charge on any atom is -0.494 e. The first-order valence-electron chi connectivity index (χ1n) is 12.7. The Kier molecular flexibility index (Phi) is 8.88. The highest BCUT2D eigenvalue weighted by Gasteiger charge is 2.39. The summed E-state index contributed by atoms with van der Waals surface area (Å²) >= 11 is 0. The van der Waals surface area contributed by atoms with Crippen LogP contribution in [-0.4, -0.2) is 48.2 Å². The second-order valence-electron chi connectivity index (χ2n) is 9.35. The number of fused-ring (bicyclic) bond motifs is 1. The summed E-state index contributed by atoms with van der Waals surface area (Å²) in [7, 11) is 0. The van der Waals surface area contributed by atoms with Gasteiger partial charge in [0.25, 0.3) is 5.91 Å². The molecule has 0 radical (unpaired) electrons. The Balaban J connectivity index is 1.09. The summed E-state index contributed by atoms with van der Waals surface area (Å²) < 4.78 is 46.3. The van der Waals surface area contributed by atoms with Crippen LogP contribution in [0.3, 0.4) is 0 Å². The Morgan fingerprint density at radius 3 is 2.45 bits per heavy atom. The standard InChI is InChI=1S/C27H30F3N3O5/c28-27(29,30)38-20-7-5-18(6-8-20)16-31-13-3-1-2-4-14-37-21-9-10-22-19(15-21)17-33(26(22)36)23-11-12-24(34)32-25(23)35/h5-10,15,23,31H,1-4,11-14,16-17H2,(H,32,34,35). The number of ether oxygens (including phenoxy) is 2. The molecule has 2 heterocycles. The minimum absolute atomic E-state index is 0.206. The average Bonchev–Trinajstić information content (AvgIpc) is 3.18. The second-order valence-corrected chi connectivity index (χ2v) is 9.35. The molecule has 1 atom stereocenters. The van der Waals surface area contributed by atoms with E-state index in [2.05, 4.69) is 15.4 Å². The Morgan fingerprint density at radius 2 is 1.71 bits per heavy atom. The number of halogens is 3. The van der Waals surface area contributed by atoms with E-state index in [1.165, 1.54) is 17.0 Å². The third kappa shape index (κ3) is 7.47. The van der Waals surface area contributed by atoms with Gasteiger partial charge in [0.2, 0.25) is 11.8 Å². The van der Waals surface area contributed by atoms with Crippen molar-refractivity contribution in [3.8, 4) is 11.5 Å². The third-order valence-electron chi connectivity index (χ3n) is 6.50. The number of unbranched alkanes of at least 4 members (excludes halogenated alkanes) is 3. The molecular formula is C27H30F3N3O5. The number of carbonyl (C=O) groups excluding carboxylic acids is 3. The molecule has 4 rings (SSSR count). The van der Waals surface area contributed by atoms with Crippen LogP contribution >= 0.6 is 0 Å². The van der Waals surface area contributed by atoms with Gasteiger partial charge in [0, 0.05) is 25.1 Å². The summed E-state index contributed by atoms with van der Waals surface area (Å²) in [4.78, 5) is 37.8. The highest BCUT2D eigenvalue weighted by molar-refractivity contribution is 6.05. The zero-order chi connectivity index (χ0) is 27.1. The molecule has 11 heteroatoms. The number of hydrogen-bond donors (Lipinski definition) is 2. The smallest absolute Gasteiger partial charge is 0.494 e. The molecule has 1 unspecified atom stereocenters. The van der Waals surface area contributed by atoms with Gasteiger partial charge in [-0.15, -0.1) is 13.2 Å². The first-order chi connectivity index (χ1) is 18.2. The molecule has 8 nitrogen and oxygen atoms in total. The first kappa shape index (κ1) is 27.4. The summed E-state index contributed by atoms with van der Waals surface area (Å²) in [6.07, 6.45) is -0.304. The van der Waals surface area contributed by atoms with Gasteiger partial charge < -0.3 is 19.7 Å². The van der Waals surface area contributed by atoms with Crippen molar-refractivity contribution >= 4 is 17.7 Å². The molecule has 0 bridgehead atoms. The molecule has 0 aliphatic carbocycles. The van der Waals surface area contributed by atoms with Gasteiger partial charge in [0.15, 0.2) is 0 Å². The number of nitrogens with one attached hydrogen (secondary N) is 2. The molecule has 2 aliphatic rings. The molecule has 2 aromatic rings. The van der Waals surface area contributed by atoms with Crippen LogP contribution in [0, 0.1) is 0 Å². The van der Waals surface area contributed by atoms with Crippen LogP contribution in [0.2, 0.25) is 0 Å². The summed E-state index contributed by atoms with van der Waals surface area (Å²) in [5.74, 6) is -0.500. The monoisotopic (exact) mass is 533 g/mol. The number of benzene rings is 2. The number of alkyl halides is 3. The molecule has 1 fully saturated rings. The lowest BCUT2D eigenvalue weighted by atomic mass is 10.0. The number of carbonyl (C=O) groups is 3. The van der Waals surface area contributed by atoms with Crippen LogP contribution in [0.1, 0.15) is 60.0 Å². The molecule has 2 aliphatic heterocycles. The molecule has 0 aromatic heterocycles. The van der Waals surface area contributed by atoms with Crippen molar-refractivity contribution in [2.24, 2.45) is 0 Å². The van der Waals surface area contributed by atoms with Crippen molar-refractivity contribution in [1.82, 2.24) is 15.5 Å². The molecule has 3 amide bonds. The number of hydrogen-bond acceptors (Lipinski definition) is 6. The lowest BCUT2D eigenvalue weighted by Crippen LogP contribution is -2.52. The van der Waals surface area contributed by atoms with Gasteiger partial charge in [-0.1, -0.05) is 25.0 Å². The molecule has 0 saturated carbocycles. The average molecular weight is 534 g/mol. The fourth-order valence-electron chi connectivity index (χ4n) is 4.58. The zero-order valence-electron chi connectivity index (χ0n) is 20.8. The fourth-order valence-corrected chi connectivity index (χ4v) is 4.58. The third-order valence-corrected chi connectivity index (χ3v) is 6.50. The lowest BCUT2D eigenvalue weighted by Gasteiger charge is -2.29. The SMILES string of the molecule is O=C1CCC(N2Cc3cc(OCCCCCCNCc4ccc(OC(F)(F)F)cc4)ccc3C2=O)C(=O)N1. The molecule has 1 saturated heterocycles. The van der Waals surface area contributed by atoms with Gasteiger partial charge in [-0.25, -0.2) is 0 Å². The van der Waals surface area contributed by atoms with E-state index in [1.54, 1.807) is 24.3 Å². The molecule has 0 spiro atoms. The summed E-state index contributed by atoms with van der Waals surface area (Å²) in [6, 6.07) is 10.5. The van der Waals surface area contributed by atoms with E-state index in [4.69, 9.17) is 4.74 Å². The first-order valence-corrected chi connectivity index (χ1v) is 12.7. The number of amides is 3. The number of nitrogens with zero attached hydrogens (tertiary/aromatic N) is 1. The normalized spacial score (nSPS) is 17.4. The summed E-state index contributed by atoms with van der Waals surface area (Å²) in [6.45, 7) is 2.22. The number of piperidine rings is 1. The molecular weight excluding hydrogens is 503 g/mol. The number of imide groups is 1. The van der Waals surface area contributed by atoms with Crippen LogP contribution in [0.25, 0.3) is 0 Å². The molecule has 38 heavy (non-hydrogen) atoms. The van der Waals surface area contributed by atoms with Crippen LogP contribution in [0.15, 0.2) is 42.5 Å². The van der Waals surface area contributed by atoms with Crippen molar-refractivity contribution in [1.29, 1.82) is 0 Å². The lowest BCUT2D eigenvalue weighted by molar-refractivity contribution is -0.274. The largest absolute Gasteiger partial charge is 0.573 e. The van der Waals surface area contributed by atoms with E-state index >= 15 is 0 Å². The molecule has 204 valence electrons. The molecule has 2 aromatic carbocycles. The number of rotatable bonds is 12. The predicted octanol–water partition coefficient (Wildman–Crippen LogP) is 4.08. The molecule has 2 N–H and O–H groups in total. The van der Waals surface area contributed by atoms with Crippen LogP contribution in [-0.2, 0) is 22.7 Å². The van der Waals surface area contributed by atoms with E-state index in [9.17, 15) is 27.6 Å². The Bertz CT molecular complexity index is 1150. The van der Waals surface area contributed by atoms with Gasteiger partial charge in [0.1, 0.15) is 17.5 Å². The Hall–Kier alpha value is -3.60. The highest BCUT2D eigenvalue weighted by atomic mass is 19.4. The van der Waals surface area contributed by atoms with Crippen molar-refractivity contribution in [2.45, 2.75) is 64.0 Å². The van der Waals surface area contributed by atoms with Crippen molar-refractivity contribution in [2.75, 3.05) is 13.2 Å². The minimum atomic E-state index is -4.69. The maximum atomic E-state index is 12.8. The predicted molar refractivity (Wildman–Crippen MR) is 131 cm³/mol. The highest BCUT2D eigenvalue weighted by Crippen LogP contribution is 2.30. The van der Waals surface area contributed by atoms with Gasteiger partial charge in [0.05, 0.1) is 6.61 Å². The van der Waals surface area contributed by atoms with E-state index in [1.807, 2.05) is 6.07 Å². The van der Waals surface area contributed by atoms with E-state index in [-0.39, 0.29) is 24.0 Å². The van der Waals surface area contributed by atoms with Crippen LogP contribution < -0.4 is 20.1 Å². The Morgan fingerprint density at radius 1 is 0.974 bits per heavy atom. The van der Waals surface area contributed by atoms with Crippen LogP contribution in [0.4, 0.5) is 13.2 Å².